The summed E-state index contributed by atoms with van der Waals surface area (Å²) < 4.78 is 0. The van der Waals surface area contributed by atoms with Crippen molar-refractivity contribution in [1.82, 2.24) is 0 Å². The molecule has 0 aliphatic heterocycles. The minimum Gasteiger partial charge on any atom is -0.269 e. The fourth-order valence-corrected chi connectivity index (χ4v) is 1.67. The fraction of sp³-hybridized carbons (Fsp3) is 0.692. The van der Waals surface area contributed by atoms with Crippen molar-refractivity contribution in [2.24, 2.45) is 0 Å². The van der Waals surface area contributed by atoms with Crippen LogP contribution in [0.15, 0.2) is 17.2 Å². The average Bonchev–Trinajstić information content (AvgIpc) is 2.59. The van der Waals surface area contributed by atoms with E-state index in [4.69, 9.17) is 0 Å². The Hall–Kier alpha value is 0.350. The third kappa shape index (κ3) is 5.29. The molecule has 0 unspecified atom stereocenters. The second-order valence-corrected chi connectivity index (χ2v) is 3.89. The van der Waals surface area contributed by atoms with E-state index >= 15 is 0 Å². The summed E-state index contributed by atoms with van der Waals surface area (Å²) >= 11 is 0. The Bertz CT molecular complexity index is 201. The van der Waals surface area contributed by atoms with Crippen LogP contribution in [0.4, 0.5) is 0 Å². The van der Waals surface area contributed by atoms with E-state index in [1.807, 2.05) is 0 Å². The van der Waals surface area contributed by atoms with E-state index in [9.17, 15) is 0 Å². The molecule has 78 valence electrons. The van der Waals surface area contributed by atoms with E-state index in [0.717, 1.165) is 6.42 Å². The molecule has 0 fully saturated rings. The Kier molecular flexibility index (Phi) is 8.86. The van der Waals surface area contributed by atoms with Crippen molar-refractivity contribution in [3.05, 3.63) is 23.3 Å². The summed E-state index contributed by atoms with van der Waals surface area (Å²) in [4.78, 5) is 0. The zero-order chi connectivity index (χ0) is 9.52. The first-order valence-corrected chi connectivity index (χ1v) is 5.66. The Morgan fingerprint density at radius 1 is 1.14 bits per heavy atom. The van der Waals surface area contributed by atoms with Gasteiger partial charge in [0.05, 0.1) is 0 Å². The van der Waals surface area contributed by atoms with Gasteiger partial charge in [0, 0.05) is 25.8 Å². The first kappa shape index (κ1) is 14.4. The quantitative estimate of drug-likeness (QED) is 0.488. The van der Waals surface area contributed by atoms with Crippen LogP contribution in [0.2, 0.25) is 0 Å². The smallest absolute Gasteiger partial charge is 0 e. The van der Waals surface area contributed by atoms with Crippen molar-refractivity contribution in [2.45, 2.75) is 58.8 Å². The predicted octanol–water partition coefficient (Wildman–Crippen LogP) is 4.42. The maximum absolute atomic E-state index is 3.47. The summed E-state index contributed by atoms with van der Waals surface area (Å²) in [5.74, 6) is 0. The molecule has 1 aliphatic carbocycles. The molecule has 0 radical (unpaired) electrons. The van der Waals surface area contributed by atoms with Crippen LogP contribution < -0.4 is 0 Å². The van der Waals surface area contributed by atoms with Gasteiger partial charge in [0.15, 0.2) is 0 Å². The zero-order valence-corrected chi connectivity index (χ0v) is 13.1. The Morgan fingerprint density at radius 2 is 1.79 bits per heavy atom. The Morgan fingerprint density at radius 3 is 2.43 bits per heavy atom. The van der Waals surface area contributed by atoms with Gasteiger partial charge in [-0.1, -0.05) is 46.0 Å². The molecule has 0 spiro atoms. The second-order valence-electron chi connectivity index (χ2n) is 3.89. The third-order valence-corrected chi connectivity index (χ3v) is 2.57. The molecule has 1 rings (SSSR count). The van der Waals surface area contributed by atoms with E-state index < -0.39 is 0 Å². The molecule has 0 aromatic rings. The van der Waals surface area contributed by atoms with E-state index in [1.165, 1.54) is 44.1 Å². The van der Waals surface area contributed by atoms with Crippen molar-refractivity contribution in [3.63, 3.8) is 0 Å². The Balaban J connectivity index is 0.00000169. The van der Waals surface area contributed by atoms with Crippen LogP contribution in [-0.2, 0) is 25.8 Å². The van der Waals surface area contributed by atoms with Crippen molar-refractivity contribution in [1.29, 1.82) is 0 Å². The van der Waals surface area contributed by atoms with Crippen LogP contribution >= 0.6 is 0 Å². The minimum atomic E-state index is 0. The molecule has 0 amide bonds. The molecular weight excluding hydrogens is 335 g/mol. The number of allylic oxidation sites excluding steroid dienone is 4. The summed E-state index contributed by atoms with van der Waals surface area (Å²) in [6, 6.07) is 0. The summed E-state index contributed by atoms with van der Waals surface area (Å²) in [5.41, 5.74) is 3.07. The molecule has 0 N–H and O–H groups in total. The van der Waals surface area contributed by atoms with Crippen LogP contribution in [0.3, 0.4) is 0 Å². The second kappa shape index (κ2) is 8.64. The third-order valence-electron chi connectivity index (χ3n) is 2.57. The topological polar surface area (TPSA) is 0 Å². The van der Waals surface area contributed by atoms with Crippen molar-refractivity contribution in [3.8, 4) is 0 Å². The standard InChI is InChI=1S/C13H21.Hf/c1-3-5-7-12-9-10-13(11-12)8-6-4-2;/h11H,3-9H2,1-2H3;/q-1;. The van der Waals surface area contributed by atoms with Crippen LogP contribution in [0.25, 0.3) is 0 Å². The van der Waals surface area contributed by atoms with E-state index in [-0.39, 0.29) is 25.8 Å². The molecule has 0 aromatic heterocycles. The van der Waals surface area contributed by atoms with Crippen LogP contribution in [0.1, 0.15) is 58.8 Å². The molecule has 0 bridgehead atoms. The zero-order valence-electron chi connectivity index (χ0n) is 9.53. The summed E-state index contributed by atoms with van der Waals surface area (Å²) in [5, 5.41) is 0. The van der Waals surface area contributed by atoms with E-state index in [0.29, 0.717) is 0 Å². The summed E-state index contributed by atoms with van der Waals surface area (Å²) in [6.45, 7) is 4.50. The molecule has 1 heteroatoms. The molecule has 0 heterocycles. The maximum Gasteiger partial charge on any atom is 0 e. The SMILES string of the molecule is CCCCC1=[C-]CC(CCCC)=C1.[Hf]. The van der Waals surface area contributed by atoms with Gasteiger partial charge in [-0.2, -0.15) is 5.57 Å². The largest absolute Gasteiger partial charge is 0.269 e. The molecule has 0 saturated heterocycles. The van der Waals surface area contributed by atoms with Gasteiger partial charge in [-0.15, -0.1) is 6.42 Å². The van der Waals surface area contributed by atoms with E-state index in [2.05, 4.69) is 26.0 Å². The van der Waals surface area contributed by atoms with Gasteiger partial charge in [0.25, 0.3) is 0 Å². The van der Waals surface area contributed by atoms with Crippen molar-refractivity contribution in [2.75, 3.05) is 0 Å². The van der Waals surface area contributed by atoms with Crippen molar-refractivity contribution >= 4 is 0 Å². The molecule has 0 atom stereocenters. The summed E-state index contributed by atoms with van der Waals surface area (Å²) in [7, 11) is 0. The van der Waals surface area contributed by atoms with Gasteiger partial charge in [0.2, 0.25) is 0 Å². The van der Waals surface area contributed by atoms with Gasteiger partial charge in [-0.05, 0) is 6.42 Å². The maximum atomic E-state index is 3.47. The molecule has 1 aliphatic rings. The first-order valence-electron chi connectivity index (χ1n) is 5.66. The minimum absolute atomic E-state index is 0. The number of hydrogen-bond acceptors (Lipinski definition) is 0. The average molecular weight is 356 g/mol. The van der Waals surface area contributed by atoms with E-state index in [1.54, 1.807) is 5.57 Å². The summed E-state index contributed by atoms with van der Waals surface area (Å²) in [6.07, 6.45) is 14.8. The fourth-order valence-electron chi connectivity index (χ4n) is 1.67. The molecule has 0 saturated carbocycles. The number of unbranched alkanes of at least 4 members (excludes halogenated alkanes) is 2. The monoisotopic (exact) mass is 357 g/mol. The van der Waals surface area contributed by atoms with Crippen LogP contribution in [-0.4, -0.2) is 0 Å². The predicted molar refractivity (Wildman–Crippen MR) is 58.5 cm³/mol. The number of rotatable bonds is 6. The van der Waals surface area contributed by atoms with Gasteiger partial charge >= 0.3 is 0 Å². The normalized spacial score (nSPS) is 14.7. The van der Waals surface area contributed by atoms with Crippen LogP contribution in [0.5, 0.6) is 0 Å². The van der Waals surface area contributed by atoms with Crippen LogP contribution in [0, 0.1) is 6.08 Å². The Labute approximate surface area is 108 Å². The van der Waals surface area contributed by atoms with Crippen molar-refractivity contribution < 1.29 is 25.8 Å². The molecule has 14 heavy (non-hydrogen) atoms. The first-order chi connectivity index (χ1) is 6.36. The van der Waals surface area contributed by atoms with Gasteiger partial charge in [0.1, 0.15) is 0 Å². The molecular formula is C13H21Hf-. The van der Waals surface area contributed by atoms with Gasteiger partial charge < -0.3 is 0 Å². The van der Waals surface area contributed by atoms with Gasteiger partial charge in [-0.3, -0.25) is 6.08 Å². The van der Waals surface area contributed by atoms with Gasteiger partial charge in [-0.25, -0.2) is 11.6 Å². The molecule has 0 nitrogen and oxygen atoms in total. The molecule has 0 aromatic carbocycles. The number of hydrogen-bond donors (Lipinski definition) is 0.